The lowest BCUT2D eigenvalue weighted by atomic mass is 10.1. The minimum absolute atomic E-state index is 0.227. The first-order valence-corrected chi connectivity index (χ1v) is 5.94. The Bertz CT molecular complexity index is 613. The molecule has 0 saturated heterocycles. The third-order valence-electron chi connectivity index (χ3n) is 2.54. The fourth-order valence-corrected chi connectivity index (χ4v) is 1.79. The Morgan fingerprint density at radius 2 is 2.05 bits per heavy atom. The number of carbonyl (C=O) groups is 1. The average Bonchev–Trinajstić information content (AvgIpc) is 2.38. The van der Waals surface area contributed by atoms with Gasteiger partial charge in [-0.05, 0) is 35.9 Å². The highest BCUT2D eigenvalue weighted by atomic mass is 35.5. The SMILES string of the molecule is Nc1cc(Cl)ccc1OCc1cccc(C(=O)O)c1. The predicted octanol–water partition coefficient (Wildman–Crippen LogP) is 3.20. The van der Waals surface area contributed by atoms with Crippen molar-refractivity contribution in [3.05, 3.63) is 58.6 Å². The van der Waals surface area contributed by atoms with Crippen molar-refractivity contribution in [2.45, 2.75) is 6.61 Å². The zero-order valence-corrected chi connectivity index (χ0v) is 10.7. The van der Waals surface area contributed by atoms with E-state index >= 15 is 0 Å². The average molecular weight is 278 g/mol. The number of ether oxygens (including phenoxy) is 1. The molecule has 0 aliphatic carbocycles. The lowest BCUT2D eigenvalue weighted by Crippen LogP contribution is -2.01. The standard InChI is InChI=1S/C14H12ClNO3/c15-11-4-5-13(12(16)7-11)19-8-9-2-1-3-10(6-9)14(17)18/h1-7H,8,16H2,(H,17,18). The van der Waals surface area contributed by atoms with Crippen molar-refractivity contribution in [1.29, 1.82) is 0 Å². The third-order valence-corrected chi connectivity index (χ3v) is 2.78. The smallest absolute Gasteiger partial charge is 0.335 e. The van der Waals surface area contributed by atoms with Gasteiger partial charge in [0.25, 0.3) is 0 Å². The molecule has 19 heavy (non-hydrogen) atoms. The molecule has 0 atom stereocenters. The van der Waals surface area contributed by atoms with Crippen LogP contribution >= 0.6 is 11.6 Å². The molecule has 2 aromatic rings. The Morgan fingerprint density at radius 3 is 2.74 bits per heavy atom. The highest BCUT2D eigenvalue weighted by Gasteiger charge is 2.05. The Balaban J connectivity index is 2.10. The molecule has 0 aromatic heterocycles. The van der Waals surface area contributed by atoms with Crippen molar-refractivity contribution in [3.63, 3.8) is 0 Å². The maximum Gasteiger partial charge on any atom is 0.335 e. The molecule has 5 heteroatoms. The Kier molecular flexibility index (Phi) is 3.92. The summed E-state index contributed by atoms with van der Waals surface area (Å²) in [4.78, 5) is 10.8. The first-order chi connectivity index (χ1) is 9.06. The summed E-state index contributed by atoms with van der Waals surface area (Å²) in [7, 11) is 0. The number of anilines is 1. The van der Waals surface area contributed by atoms with Crippen molar-refractivity contribution in [2.75, 3.05) is 5.73 Å². The largest absolute Gasteiger partial charge is 0.487 e. The molecular formula is C14H12ClNO3. The zero-order valence-electron chi connectivity index (χ0n) is 9.97. The van der Waals surface area contributed by atoms with Gasteiger partial charge < -0.3 is 15.6 Å². The molecule has 0 amide bonds. The van der Waals surface area contributed by atoms with Crippen LogP contribution in [-0.2, 0) is 6.61 Å². The van der Waals surface area contributed by atoms with Crippen LogP contribution < -0.4 is 10.5 Å². The number of carboxylic acid groups (broad SMARTS) is 1. The summed E-state index contributed by atoms with van der Waals surface area (Å²) in [6, 6.07) is 11.5. The van der Waals surface area contributed by atoms with E-state index in [1.165, 1.54) is 6.07 Å². The van der Waals surface area contributed by atoms with Crippen LogP contribution in [0.2, 0.25) is 5.02 Å². The second kappa shape index (κ2) is 5.63. The van der Waals surface area contributed by atoms with Crippen molar-refractivity contribution in [1.82, 2.24) is 0 Å². The molecule has 0 aliphatic heterocycles. The Labute approximate surface area is 115 Å². The molecule has 4 nitrogen and oxygen atoms in total. The van der Waals surface area contributed by atoms with E-state index in [2.05, 4.69) is 0 Å². The van der Waals surface area contributed by atoms with Gasteiger partial charge in [0.1, 0.15) is 12.4 Å². The fourth-order valence-electron chi connectivity index (χ4n) is 1.61. The van der Waals surface area contributed by atoms with Crippen molar-refractivity contribution in [2.24, 2.45) is 0 Å². The number of carboxylic acids is 1. The van der Waals surface area contributed by atoms with Crippen LogP contribution in [0.15, 0.2) is 42.5 Å². The molecule has 3 N–H and O–H groups in total. The van der Waals surface area contributed by atoms with E-state index in [0.717, 1.165) is 5.56 Å². The molecule has 0 aliphatic rings. The van der Waals surface area contributed by atoms with Gasteiger partial charge in [-0.15, -0.1) is 0 Å². The summed E-state index contributed by atoms with van der Waals surface area (Å²) in [5.41, 5.74) is 7.19. The van der Waals surface area contributed by atoms with Crippen LogP contribution in [0.1, 0.15) is 15.9 Å². The summed E-state index contributed by atoms with van der Waals surface area (Å²) in [6.07, 6.45) is 0. The second-order valence-corrected chi connectivity index (χ2v) is 4.41. The lowest BCUT2D eigenvalue weighted by Gasteiger charge is -2.09. The van der Waals surface area contributed by atoms with E-state index in [0.29, 0.717) is 16.5 Å². The summed E-state index contributed by atoms with van der Waals surface area (Å²) < 4.78 is 5.54. The molecule has 2 aromatic carbocycles. The van der Waals surface area contributed by atoms with Gasteiger partial charge in [0, 0.05) is 5.02 Å². The molecule has 0 heterocycles. The van der Waals surface area contributed by atoms with Gasteiger partial charge in [0.2, 0.25) is 0 Å². The van der Waals surface area contributed by atoms with Crippen molar-refractivity contribution < 1.29 is 14.6 Å². The van der Waals surface area contributed by atoms with Crippen LogP contribution in [0.5, 0.6) is 5.75 Å². The molecule has 0 radical (unpaired) electrons. The quantitative estimate of drug-likeness (QED) is 0.842. The molecule has 0 fully saturated rings. The molecular weight excluding hydrogens is 266 g/mol. The van der Waals surface area contributed by atoms with Gasteiger partial charge in [0.15, 0.2) is 0 Å². The topological polar surface area (TPSA) is 72.5 Å². The van der Waals surface area contributed by atoms with Crippen molar-refractivity contribution in [3.8, 4) is 5.75 Å². The molecule has 0 spiro atoms. The third kappa shape index (κ3) is 3.39. The van der Waals surface area contributed by atoms with Gasteiger partial charge in [0.05, 0.1) is 11.3 Å². The van der Waals surface area contributed by atoms with Gasteiger partial charge in [-0.25, -0.2) is 4.79 Å². The van der Waals surface area contributed by atoms with Crippen LogP contribution in [-0.4, -0.2) is 11.1 Å². The number of aromatic carboxylic acids is 1. The number of benzene rings is 2. The molecule has 0 bridgehead atoms. The van der Waals surface area contributed by atoms with Gasteiger partial charge >= 0.3 is 5.97 Å². The van der Waals surface area contributed by atoms with Crippen LogP contribution in [0.3, 0.4) is 0 Å². The maximum absolute atomic E-state index is 10.8. The van der Waals surface area contributed by atoms with Crippen LogP contribution in [0, 0.1) is 0 Å². The van der Waals surface area contributed by atoms with Gasteiger partial charge in [-0.3, -0.25) is 0 Å². The molecule has 0 unspecified atom stereocenters. The summed E-state index contributed by atoms with van der Waals surface area (Å²) in [6.45, 7) is 0.243. The molecule has 98 valence electrons. The highest BCUT2D eigenvalue weighted by molar-refractivity contribution is 6.30. The van der Waals surface area contributed by atoms with E-state index in [-0.39, 0.29) is 12.2 Å². The number of halogens is 1. The van der Waals surface area contributed by atoms with E-state index < -0.39 is 5.97 Å². The minimum atomic E-state index is -0.965. The number of rotatable bonds is 4. The molecule has 0 saturated carbocycles. The fraction of sp³-hybridized carbons (Fsp3) is 0.0714. The number of hydrogen-bond donors (Lipinski definition) is 2. The van der Waals surface area contributed by atoms with Gasteiger partial charge in [-0.2, -0.15) is 0 Å². The van der Waals surface area contributed by atoms with E-state index in [9.17, 15) is 4.79 Å². The zero-order chi connectivity index (χ0) is 13.8. The number of nitrogens with two attached hydrogens (primary N) is 1. The monoisotopic (exact) mass is 277 g/mol. The minimum Gasteiger partial charge on any atom is -0.487 e. The van der Waals surface area contributed by atoms with E-state index in [1.54, 1.807) is 36.4 Å². The predicted molar refractivity (Wildman–Crippen MR) is 73.6 cm³/mol. The van der Waals surface area contributed by atoms with Crippen LogP contribution in [0.4, 0.5) is 5.69 Å². The lowest BCUT2D eigenvalue weighted by molar-refractivity contribution is 0.0696. The molecule has 2 rings (SSSR count). The Hall–Kier alpha value is -2.20. The van der Waals surface area contributed by atoms with E-state index in [4.69, 9.17) is 27.2 Å². The highest BCUT2D eigenvalue weighted by Crippen LogP contribution is 2.25. The first-order valence-electron chi connectivity index (χ1n) is 5.56. The number of hydrogen-bond acceptors (Lipinski definition) is 3. The van der Waals surface area contributed by atoms with Gasteiger partial charge in [-0.1, -0.05) is 23.7 Å². The Morgan fingerprint density at radius 1 is 1.26 bits per heavy atom. The second-order valence-electron chi connectivity index (χ2n) is 3.98. The van der Waals surface area contributed by atoms with Crippen LogP contribution in [0.25, 0.3) is 0 Å². The summed E-state index contributed by atoms with van der Waals surface area (Å²) in [5.74, 6) is -0.446. The van der Waals surface area contributed by atoms with Crippen molar-refractivity contribution >= 4 is 23.3 Å². The summed E-state index contributed by atoms with van der Waals surface area (Å²) in [5, 5.41) is 9.43. The normalized spacial score (nSPS) is 10.2. The number of nitrogen functional groups attached to an aromatic ring is 1. The maximum atomic E-state index is 10.8. The first kappa shape index (κ1) is 13.2. The summed E-state index contributed by atoms with van der Waals surface area (Å²) >= 11 is 5.79. The van der Waals surface area contributed by atoms with E-state index in [1.807, 2.05) is 0 Å².